The Hall–Kier alpha value is -2.04. The van der Waals surface area contributed by atoms with Gasteiger partial charge in [-0.15, -0.1) is 0 Å². The smallest absolute Gasteiger partial charge is 0.340 e. The molecule has 0 heterocycles. The summed E-state index contributed by atoms with van der Waals surface area (Å²) in [5.41, 5.74) is 2.33. The van der Waals surface area contributed by atoms with Crippen molar-refractivity contribution in [3.8, 4) is 0 Å². The van der Waals surface area contributed by atoms with E-state index < -0.39 is 5.97 Å². The third-order valence-corrected chi connectivity index (χ3v) is 4.26. The molecule has 0 aliphatic carbocycles. The Balaban J connectivity index is 1.92. The van der Waals surface area contributed by atoms with Gasteiger partial charge in [-0.1, -0.05) is 60.0 Å². The highest BCUT2D eigenvalue weighted by Gasteiger charge is 2.16. The van der Waals surface area contributed by atoms with Gasteiger partial charge in [0.15, 0.2) is 6.61 Å². The Morgan fingerprint density at radius 3 is 2.40 bits per heavy atom. The van der Waals surface area contributed by atoms with Crippen molar-refractivity contribution in [2.45, 2.75) is 26.3 Å². The molecule has 0 aliphatic rings. The lowest BCUT2D eigenvalue weighted by molar-refractivity contribution is -0.125. The van der Waals surface area contributed by atoms with E-state index in [0.717, 1.165) is 17.5 Å². The summed E-state index contributed by atoms with van der Waals surface area (Å²) in [6.45, 7) is 3.61. The Bertz CT molecular complexity index is 760. The minimum atomic E-state index is -0.666. The second kappa shape index (κ2) is 8.88. The van der Waals surface area contributed by atoms with Crippen molar-refractivity contribution in [3.05, 3.63) is 69.2 Å². The van der Waals surface area contributed by atoms with Crippen LogP contribution < -0.4 is 5.32 Å². The molecular formula is C19H19Cl2NO3. The molecule has 0 unspecified atom stereocenters. The molecule has 0 radical (unpaired) electrons. The van der Waals surface area contributed by atoms with Crippen molar-refractivity contribution in [1.82, 2.24) is 5.32 Å². The first-order valence-electron chi connectivity index (χ1n) is 7.88. The number of halogens is 2. The summed E-state index contributed by atoms with van der Waals surface area (Å²) in [5.74, 6) is -1.04. The molecule has 132 valence electrons. The van der Waals surface area contributed by atoms with E-state index in [1.54, 1.807) is 0 Å². The molecular weight excluding hydrogens is 361 g/mol. The van der Waals surface area contributed by atoms with E-state index in [4.69, 9.17) is 27.9 Å². The highest BCUT2D eigenvalue weighted by molar-refractivity contribution is 6.36. The van der Waals surface area contributed by atoms with Gasteiger partial charge in [0.25, 0.3) is 5.91 Å². The Labute approximate surface area is 157 Å². The molecule has 4 nitrogen and oxygen atoms in total. The topological polar surface area (TPSA) is 55.4 Å². The van der Waals surface area contributed by atoms with Gasteiger partial charge in [-0.25, -0.2) is 4.79 Å². The second-order valence-electron chi connectivity index (χ2n) is 5.64. The minimum absolute atomic E-state index is 0.133. The van der Waals surface area contributed by atoms with Crippen molar-refractivity contribution in [2.24, 2.45) is 0 Å². The standard InChI is InChI=1S/C19H19Cl2NO3/c1-3-17(13-6-4-12(2)5-7-13)22-18(23)11-25-19(24)15-9-8-14(20)10-16(15)21/h4-10,17H,3,11H2,1-2H3,(H,22,23)/t17-/m1/s1. The Morgan fingerprint density at radius 2 is 1.80 bits per heavy atom. The molecule has 1 atom stereocenters. The van der Waals surface area contributed by atoms with Gasteiger partial charge in [-0.3, -0.25) is 4.79 Å². The van der Waals surface area contributed by atoms with Gasteiger partial charge >= 0.3 is 5.97 Å². The van der Waals surface area contributed by atoms with Gasteiger partial charge in [-0.05, 0) is 37.1 Å². The van der Waals surface area contributed by atoms with E-state index in [2.05, 4.69) is 5.32 Å². The van der Waals surface area contributed by atoms with Gasteiger partial charge in [0.2, 0.25) is 0 Å². The molecule has 0 aliphatic heterocycles. The van der Waals surface area contributed by atoms with E-state index in [1.807, 2.05) is 38.1 Å². The zero-order valence-corrected chi connectivity index (χ0v) is 15.5. The van der Waals surface area contributed by atoms with Crippen LogP contribution in [0.25, 0.3) is 0 Å². The molecule has 0 saturated heterocycles. The molecule has 0 spiro atoms. The normalized spacial score (nSPS) is 11.7. The maximum Gasteiger partial charge on any atom is 0.340 e. The number of hydrogen-bond donors (Lipinski definition) is 1. The van der Waals surface area contributed by atoms with Crippen LogP contribution in [0, 0.1) is 6.92 Å². The van der Waals surface area contributed by atoms with Crippen LogP contribution in [0.5, 0.6) is 0 Å². The fraction of sp³-hybridized carbons (Fsp3) is 0.263. The van der Waals surface area contributed by atoms with E-state index in [0.29, 0.717) is 5.02 Å². The Kier molecular flexibility index (Phi) is 6.85. The summed E-state index contributed by atoms with van der Waals surface area (Å²) < 4.78 is 5.03. The largest absolute Gasteiger partial charge is 0.452 e. The van der Waals surface area contributed by atoms with Crippen molar-refractivity contribution in [3.63, 3.8) is 0 Å². The highest BCUT2D eigenvalue weighted by Crippen LogP contribution is 2.22. The number of hydrogen-bond acceptors (Lipinski definition) is 3. The zero-order valence-electron chi connectivity index (χ0n) is 14.0. The van der Waals surface area contributed by atoms with Gasteiger partial charge in [0.1, 0.15) is 0 Å². The molecule has 0 fully saturated rings. The molecule has 0 aromatic heterocycles. The van der Waals surface area contributed by atoms with Crippen LogP contribution in [0.1, 0.15) is 40.9 Å². The number of carbonyl (C=O) groups excluding carboxylic acids is 2. The first kappa shape index (κ1) is 19.3. The summed E-state index contributed by atoms with van der Waals surface area (Å²) in [5, 5.41) is 3.47. The van der Waals surface area contributed by atoms with Crippen LogP contribution in [0.15, 0.2) is 42.5 Å². The second-order valence-corrected chi connectivity index (χ2v) is 6.48. The SMILES string of the molecule is CC[C@@H](NC(=O)COC(=O)c1ccc(Cl)cc1Cl)c1ccc(C)cc1. The maximum absolute atomic E-state index is 12.1. The zero-order chi connectivity index (χ0) is 18.4. The number of esters is 1. The molecule has 0 saturated carbocycles. The van der Waals surface area contributed by atoms with Crippen LogP contribution in [0.2, 0.25) is 10.0 Å². The molecule has 2 aromatic rings. The maximum atomic E-state index is 12.1. The molecule has 25 heavy (non-hydrogen) atoms. The van der Waals surface area contributed by atoms with Crippen molar-refractivity contribution >= 4 is 35.1 Å². The number of carbonyl (C=O) groups is 2. The monoisotopic (exact) mass is 379 g/mol. The quantitative estimate of drug-likeness (QED) is 0.738. The number of aryl methyl sites for hydroxylation is 1. The average Bonchev–Trinajstić information content (AvgIpc) is 2.58. The van der Waals surface area contributed by atoms with Crippen LogP contribution in [0.3, 0.4) is 0 Å². The summed E-state index contributed by atoms with van der Waals surface area (Å²) in [7, 11) is 0. The van der Waals surface area contributed by atoms with E-state index in [9.17, 15) is 9.59 Å². The van der Waals surface area contributed by atoms with E-state index >= 15 is 0 Å². The lowest BCUT2D eigenvalue weighted by atomic mass is 10.0. The average molecular weight is 380 g/mol. The number of benzene rings is 2. The van der Waals surface area contributed by atoms with Crippen LogP contribution in [-0.4, -0.2) is 18.5 Å². The first-order valence-corrected chi connectivity index (χ1v) is 8.64. The third kappa shape index (κ3) is 5.48. The number of rotatable bonds is 6. The fourth-order valence-electron chi connectivity index (χ4n) is 2.32. The van der Waals surface area contributed by atoms with Gasteiger partial charge in [0, 0.05) is 5.02 Å². The lowest BCUT2D eigenvalue weighted by Gasteiger charge is -2.17. The predicted octanol–water partition coefficient (Wildman–Crippen LogP) is 4.73. The van der Waals surface area contributed by atoms with Crippen molar-refractivity contribution in [1.29, 1.82) is 0 Å². The van der Waals surface area contributed by atoms with Crippen LogP contribution >= 0.6 is 23.2 Å². The predicted molar refractivity (Wildman–Crippen MR) is 99.1 cm³/mol. The number of ether oxygens (including phenoxy) is 1. The van der Waals surface area contributed by atoms with Crippen LogP contribution in [0.4, 0.5) is 0 Å². The van der Waals surface area contributed by atoms with Crippen LogP contribution in [-0.2, 0) is 9.53 Å². The van der Waals surface area contributed by atoms with E-state index in [1.165, 1.54) is 18.2 Å². The fourth-order valence-corrected chi connectivity index (χ4v) is 2.81. The molecule has 1 N–H and O–H groups in total. The minimum Gasteiger partial charge on any atom is -0.452 e. The van der Waals surface area contributed by atoms with E-state index in [-0.39, 0.29) is 29.1 Å². The third-order valence-electron chi connectivity index (χ3n) is 3.71. The summed E-state index contributed by atoms with van der Waals surface area (Å²) in [6, 6.07) is 12.3. The highest BCUT2D eigenvalue weighted by atomic mass is 35.5. The molecule has 1 amide bonds. The van der Waals surface area contributed by atoms with Gasteiger partial charge in [0.05, 0.1) is 16.6 Å². The number of nitrogens with one attached hydrogen (secondary N) is 1. The van der Waals surface area contributed by atoms with Crippen molar-refractivity contribution < 1.29 is 14.3 Å². The molecule has 2 aromatic carbocycles. The van der Waals surface area contributed by atoms with Gasteiger partial charge in [-0.2, -0.15) is 0 Å². The molecule has 0 bridgehead atoms. The summed E-state index contributed by atoms with van der Waals surface area (Å²) in [4.78, 5) is 24.1. The summed E-state index contributed by atoms with van der Waals surface area (Å²) >= 11 is 11.7. The van der Waals surface area contributed by atoms with Crippen molar-refractivity contribution in [2.75, 3.05) is 6.61 Å². The number of amides is 1. The Morgan fingerprint density at radius 1 is 1.12 bits per heavy atom. The molecule has 2 rings (SSSR count). The summed E-state index contributed by atoms with van der Waals surface area (Å²) in [6.07, 6.45) is 0.728. The first-order chi connectivity index (χ1) is 11.9. The molecule has 6 heteroatoms. The lowest BCUT2D eigenvalue weighted by Crippen LogP contribution is -2.32. The van der Waals surface area contributed by atoms with Gasteiger partial charge < -0.3 is 10.1 Å².